The maximum absolute atomic E-state index is 12.5. The fourth-order valence-electron chi connectivity index (χ4n) is 3.10. The first-order valence-electron chi connectivity index (χ1n) is 10.1. The zero-order chi connectivity index (χ0) is 23.5. The van der Waals surface area contributed by atoms with Crippen molar-refractivity contribution in [1.82, 2.24) is 14.8 Å². The fraction of sp³-hybridized carbons (Fsp3) is 0.318. The molecule has 0 unspecified atom stereocenters. The van der Waals surface area contributed by atoms with Gasteiger partial charge in [-0.2, -0.15) is 0 Å². The highest BCUT2D eigenvalue weighted by Gasteiger charge is 2.16. The van der Waals surface area contributed by atoms with Crippen molar-refractivity contribution in [3.63, 3.8) is 0 Å². The lowest BCUT2D eigenvalue weighted by molar-refractivity contribution is -0.113. The number of hydrogen-bond donors (Lipinski definition) is 2. The van der Waals surface area contributed by atoms with Crippen molar-refractivity contribution >= 4 is 39.1 Å². The van der Waals surface area contributed by atoms with Crippen LogP contribution in [0.25, 0.3) is 5.69 Å². The van der Waals surface area contributed by atoms with Crippen LogP contribution in [-0.4, -0.2) is 40.6 Å². The first kappa shape index (κ1) is 23.8. The molecule has 0 atom stereocenters. The molecule has 0 bridgehead atoms. The number of aryl methyl sites for hydroxylation is 4. The third-order valence-corrected chi connectivity index (χ3v) is 7.11. The lowest BCUT2D eigenvalue weighted by Crippen LogP contribution is -2.16. The van der Waals surface area contributed by atoms with Crippen molar-refractivity contribution in [3.05, 3.63) is 58.9 Å². The number of anilines is 2. The van der Waals surface area contributed by atoms with Crippen molar-refractivity contribution in [2.45, 2.75) is 39.8 Å². The highest BCUT2D eigenvalue weighted by molar-refractivity contribution is 7.99. The number of nitrogens with zero attached hydrogens (tertiary/aromatic N) is 3. The molecule has 0 saturated carbocycles. The number of rotatable bonds is 8. The molecule has 0 saturated heterocycles. The lowest BCUT2D eigenvalue weighted by atomic mass is 10.1. The van der Waals surface area contributed by atoms with Crippen LogP contribution in [0.5, 0.6) is 0 Å². The molecule has 1 heterocycles. The van der Waals surface area contributed by atoms with Crippen LogP contribution in [0.4, 0.5) is 11.4 Å². The minimum absolute atomic E-state index is 0.00564. The molecule has 1 aromatic heterocycles. The van der Waals surface area contributed by atoms with E-state index in [0.717, 1.165) is 28.2 Å². The molecule has 170 valence electrons. The Bertz CT molecular complexity index is 1250. The van der Waals surface area contributed by atoms with E-state index in [1.165, 1.54) is 11.8 Å². The first-order chi connectivity index (χ1) is 15.1. The van der Waals surface area contributed by atoms with Crippen molar-refractivity contribution in [1.29, 1.82) is 0 Å². The lowest BCUT2D eigenvalue weighted by Gasteiger charge is -2.13. The number of sulfonamides is 1. The summed E-state index contributed by atoms with van der Waals surface area (Å²) in [7, 11) is -3.36. The van der Waals surface area contributed by atoms with Gasteiger partial charge in [0, 0.05) is 5.69 Å². The molecule has 0 aliphatic carbocycles. The van der Waals surface area contributed by atoms with Gasteiger partial charge in [0.05, 0.1) is 22.9 Å². The van der Waals surface area contributed by atoms with E-state index in [-0.39, 0.29) is 17.4 Å². The van der Waals surface area contributed by atoms with Gasteiger partial charge in [0.15, 0.2) is 5.16 Å². The Hall–Kier alpha value is -2.85. The number of hydrogen-bond acceptors (Lipinski definition) is 6. The Labute approximate surface area is 192 Å². The van der Waals surface area contributed by atoms with Gasteiger partial charge < -0.3 is 5.32 Å². The minimum atomic E-state index is -3.36. The summed E-state index contributed by atoms with van der Waals surface area (Å²) >= 11 is 1.31. The number of nitrogens with one attached hydrogen (secondary N) is 2. The van der Waals surface area contributed by atoms with E-state index in [9.17, 15) is 13.2 Å². The van der Waals surface area contributed by atoms with Gasteiger partial charge in [0.1, 0.15) is 5.82 Å². The molecular formula is C22H27N5O3S2. The summed E-state index contributed by atoms with van der Waals surface area (Å²) in [5.41, 5.74) is 5.04. The zero-order valence-corrected chi connectivity index (χ0v) is 20.4. The topological polar surface area (TPSA) is 106 Å². The molecule has 0 spiro atoms. The summed E-state index contributed by atoms with van der Waals surface area (Å²) in [4.78, 5) is 12.5. The molecule has 10 heteroatoms. The van der Waals surface area contributed by atoms with Gasteiger partial charge >= 0.3 is 0 Å². The maximum Gasteiger partial charge on any atom is 0.234 e. The van der Waals surface area contributed by atoms with Gasteiger partial charge in [-0.3, -0.25) is 14.1 Å². The average molecular weight is 474 g/mol. The SMILES string of the molecule is CCS(=O)(=O)Nc1ccc(NC(=O)CSc2nnc(C)n2-c2cc(C)ccc2C)cc1C. The number of benzene rings is 2. The number of aromatic nitrogens is 3. The predicted octanol–water partition coefficient (Wildman–Crippen LogP) is 3.99. The zero-order valence-electron chi connectivity index (χ0n) is 18.8. The Kier molecular flexibility index (Phi) is 7.25. The highest BCUT2D eigenvalue weighted by Crippen LogP contribution is 2.26. The van der Waals surface area contributed by atoms with E-state index in [2.05, 4.69) is 38.4 Å². The molecule has 1 amide bonds. The molecule has 3 aromatic rings. The largest absolute Gasteiger partial charge is 0.325 e. The van der Waals surface area contributed by atoms with E-state index in [0.29, 0.717) is 16.5 Å². The summed E-state index contributed by atoms with van der Waals surface area (Å²) in [5.74, 6) is 0.715. The minimum Gasteiger partial charge on any atom is -0.325 e. The third-order valence-electron chi connectivity index (χ3n) is 4.89. The Morgan fingerprint density at radius 2 is 1.78 bits per heavy atom. The summed E-state index contributed by atoms with van der Waals surface area (Å²) in [6.07, 6.45) is 0. The van der Waals surface area contributed by atoms with Crippen LogP contribution in [0, 0.1) is 27.7 Å². The van der Waals surface area contributed by atoms with Crippen molar-refractivity contribution in [2.75, 3.05) is 21.5 Å². The van der Waals surface area contributed by atoms with E-state index in [1.54, 1.807) is 32.0 Å². The van der Waals surface area contributed by atoms with Gasteiger partial charge in [0.25, 0.3) is 0 Å². The van der Waals surface area contributed by atoms with Crippen LogP contribution in [0.2, 0.25) is 0 Å². The Balaban J connectivity index is 1.69. The second-order valence-corrected chi connectivity index (χ2v) is 10.5. The van der Waals surface area contributed by atoms with Crippen LogP contribution in [0.3, 0.4) is 0 Å². The molecule has 2 N–H and O–H groups in total. The van der Waals surface area contributed by atoms with Crippen LogP contribution in [0.15, 0.2) is 41.6 Å². The summed E-state index contributed by atoms with van der Waals surface area (Å²) in [5, 5.41) is 11.9. The quantitative estimate of drug-likeness (QED) is 0.479. The van der Waals surface area contributed by atoms with Gasteiger partial charge in [-0.25, -0.2) is 8.42 Å². The molecule has 0 radical (unpaired) electrons. The van der Waals surface area contributed by atoms with E-state index in [1.807, 2.05) is 25.3 Å². The van der Waals surface area contributed by atoms with E-state index in [4.69, 9.17) is 0 Å². The van der Waals surface area contributed by atoms with Crippen LogP contribution >= 0.6 is 11.8 Å². The van der Waals surface area contributed by atoms with Crippen LogP contribution in [0.1, 0.15) is 29.4 Å². The summed E-state index contributed by atoms with van der Waals surface area (Å²) in [6, 6.07) is 11.2. The van der Waals surface area contributed by atoms with Gasteiger partial charge in [0.2, 0.25) is 15.9 Å². The smallest absolute Gasteiger partial charge is 0.234 e. The Morgan fingerprint density at radius 1 is 1.03 bits per heavy atom. The Morgan fingerprint density at radius 3 is 2.47 bits per heavy atom. The van der Waals surface area contributed by atoms with Crippen LogP contribution in [-0.2, 0) is 14.8 Å². The molecule has 0 aliphatic rings. The van der Waals surface area contributed by atoms with E-state index < -0.39 is 10.0 Å². The second-order valence-electron chi connectivity index (χ2n) is 7.53. The predicted molar refractivity (Wildman–Crippen MR) is 129 cm³/mol. The molecule has 8 nitrogen and oxygen atoms in total. The normalized spacial score (nSPS) is 11.4. The standard InChI is InChI=1S/C22H27N5O3S2/c1-6-32(29,30)26-19-10-9-18(12-16(19)4)23-21(28)13-31-22-25-24-17(5)27(22)20-11-14(2)7-8-15(20)3/h7-12,26H,6,13H2,1-5H3,(H,23,28). The maximum atomic E-state index is 12.5. The third kappa shape index (κ3) is 5.68. The molecule has 3 rings (SSSR count). The van der Waals surface area contributed by atoms with E-state index >= 15 is 0 Å². The summed E-state index contributed by atoms with van der Waals surface area (Å²) < 4.78 is 28.0. The molecular weight excluding hydrogens is 446 g/mol. The molecule has 0 aliphatic heterocycles. The number of amides is 1. The number of carbonyl (C=O) groups excluding carboxylic acids is 1. The van der Waals surface area contributed by atoms with Gasteiger partial charge in [-0.05, 0) is 75.6 Å². The van der Waals surface area contributed by atoms with Gasteiger partial charge in [-0.15, -0.1) is 10.2 Å². The van der Waals surface area contributed by atoms with Crippen molar-refractivity contribution in [3.8, 4) is 5.69 Å². The molecule has 0 fully saturated rings. The van der Waals surface area contributed by atoms with Crippen molar-refractivity contribution < 1.29 is 13.2 Å². The monoisotopic (exact) mass is 473 g/mol. The summed E-state index contributed by atoms with van der Waals surface area (Å²) in [6.45, 7) is 9.31. The fourth-order valence-corrected chi connectivity index (χ4v) is 4.60. The highest BCUT2D eigenvalue weighted by atomic mass is 32.2. The van der Waals surface area contributed by atoms with Crippen molar-refractivity contribution in [2.24, 2.45) is 0 Å². The first-order valence-corrected chi connectivity index (χ1v) is 12.8. The van der Waals surface area contributed by atoms with Crippen LogP contribution < -0.4 is 10.0 Å². The number of thioether (sulfide) groups is 1. The molecule has 2 aromatic carbocycles. The average Bonchev–Trinajstić information content (AvgIpc) is 3.10. The second kappa shape index (κ2) is 9.74. The van der Waals surface area contributed by atoms with Gasteiger partial charge in [-0.1, -0.05) is 23.9 Å². The molecule has 32 heavy (non-hydrogen) atoms. The number of carbonyl (C=O) groups is 1.